The number of rotatable bonds is 5. The summed E-state index contributed by atoms with van der Waals surface area (Å²) in [6.45, 7) is 5.39. The third kappa shape index (κ3) is 4.38. The lowest BCUT2D eigenvalue weighted by atomic mass is 10.1. The van der Waals surface area contributed by atoms with Crippen LogP contribution in [-0.4, -0.2) is 48.8 Å². The number of likely N-dealkylation sites (N-methyl/N-ethyl adjacent to an activating group) is 1. The number of hydrogen-bond acceptors (Lipinski definition) is 4. The highest BCUT2D eigenvalue weighted by Crippen LogP contribution is 2.16. The summed E-state index contributed by atoms with van der Waals surface area (Å²) in [5.41, 5.74) is 2.42. The molecule has 0 saturated carbocycles. The van der Waals surface area contributed by atoms with Crippen molar-refractivity contribution in [2.75, 3.05) is 33.2 Å². The molecule has 0 radical (unpaired) electrons. The summed E-state index contributed by atoms with van der Waals surface area (Å²) >= 11 is 1.49. The summed E-state index contributed by atoms with van der Waals surface area (Å²) in [6, 6.07) is 12.1. The van der Waals surface area contributed by atoms with Gasteiger partial charge in [-0.1, -0.05) is 36.4 Å². The molecule has 0 N–H and O–H groups in total. The van der Waals surface area contributed by atoms with E-state index in [1.54, 1.807) is 6.08 Å². The van der Waals surface area contributed by atoms with Gasteiger partial charge in [-0.2, -0.15) is 0 Å². The van der Waals surface area contributed by atoms with E-state index in [0.717, 1.165) is 43.2 Å². The molecule has 0 bridgehead atoms. The molecular weight excluding hydrogens is 304 g/mol. The minimum atomic E-state index is 0.0781. The van der Waals surface area contributed by atoms with Crippen LogP contribution in [0.25, 0.3) is 6.08 Å². The third-order valence-corrected chi connectivity index (χ3v) is 5.11. The largest absolute Gasteiger partial charge is 0.304 e. The van der Waals surface area contributed by atoms with Gasteiger partial charge < -0.3 is 4.90 Å². The molecule has 120 valence electrons. The van der Waals surface area contributed by atoms with Crippen LogP contribution in [0.5, 0.6) is 0 Å². The fourth-order valence-corrected chi connectivity index (χ4v) is 3.40. The normalized spacial score (nSPS) is 16.9. The van der Waals surface area contributed by atoms with E-state index in [9.17, 15) is 4.79 Å². The standard InChI is InChI=1S/C19H22N2OS/c1-20-10-12-21(13-11-20)15-17-6-3-2-5-16(17)8-9-18(22)19-7-4-14-23-19/h2-9,14H,10-13,15H2,1H3/b9-8+. The Hall–Kier alpha value is -1.75. The minimum absolute atomic E-state index is 0.0781. The number of piperazine rings is 1. The molecule has 3 rings (SSSR count). The second-order valence-corrected chi connectivity index (χ2v) is 6.90. The van der Waals surface area contributed by atoms with E-state index >= 15 is 0 Å². The van der Waals surface area contributed by atoms with E-state index in [-0.39, 0.29) is 5.78 Å². The number of benzene rings is 1. The van der Waals surface area contributed by atoms with E-state index in [4.69, 9.17) is 0 Å². The minimum Gasteiger partial charge on any atom is -0.304 e. The SMILES string of the molecule is CN1CCN(Cc2ccccc2/C=C/C(=O)c2cccs2)CC1. The van der Waals surface area contributed by atoms with Crippen LogP contribution >= 0.6 is 11.3 Å². The highest BCUT2D eigenvalue weighted by Gasteiger charge is 2.14. The lowest BCUT2D eigenvalue weighted by Gasteiger charge is -2.32. The molecule has 1 aliphatic rings. The number of carbonyl (C=O) groups is 1. The van der Waals surface area contributed by atoms with Gasteiger partial charge in [-0.3, -0.25) is 9.69 Å². The van der Waals surface area contributed by atoms with Gasteiger partial charge >= 0.3 is 0 Å². The molecule has 0 unspecified atom stereocenters. The van der Waals surface area contributed by atoms with Crippen LogP contribution in [0.3, 0.4) is 0 Å². The smallest absolute Gasteiger partial charge is 0.195 e. The Balaban J connectivity index is 1.69. The zero-order valence-corrected chi connectivity index (χ0v) is 14.3. The van der Waals surface area contributed by atoms with E-state index in [0.29, 0.717) is 0 Å². The van der Waals surface area contributed by atoms with Crippen LogP contribution in [0.1, 0.15) is 20.8 Å². The highest BCUT2D eigenvalue weighted by atomic mass is 32.1. The summed E-state index contributed by atoms with van der Waals surface area (Å²) in [5.74, 6) is 0.0781. The molecule has 1 aliphatic heterocycles. The zero-order valence-electron chi connectivity index (χ0n) is 13.4. The van der Waals surface area contributed by atoms with Crippen molar-refractivity contribution in [3.63, 3.8) is 0 Å². The molecule has 23 heavy (non-hydrogen) atoms. The number of hydrogen-bond donors (Lipinski definition) is 0. The van der Waals surface area contributed by atoms with Crippen LogP contribution in [0.2, 0.25) is 0 Å². The van der Waals surface area contributed by atoms with Gasteiger partial charge in [0.05, 0.1) is 4.88 Å². The maximum absolute atomic E-state index is 12.1. The predicted octanol–water partition coefficient (Wildman–Crippen LogP) is 3.39. The molecule has 4 heteroatoms. The average Bonchev–Trinajstić information content (AvgIpc) is 3.10. The van der Waals surface area contributed by atoms with Crippen molar-refractivity contribution >= 4 is 23.2 Å². The van der Waals surface area contributed by atoms with Crippen LogP contribution in [0.15, 0.2) is 47.9 Å². The molecule has 3 nitrogen and oxygen atoms in total. The van der Waals surface area contributed by atoms with Crippen molar-refractivity contribution in [3.05, 3.63) is 63.9 Å². The fourth-order valence-electron chi connectivity index (χ4n) is 2.75. The Morgan fingerprint density at radius 2 is 1.91 bits per heavy atom. The second kappa shape index (κ2) is 7.68. The van der Waals surface area contributed by atoms with Gasteiger partial charge in [0.15, 0.2) is 5.78 Å². The summed E-state index contributed by atoms with van der Waals surface area (Å²) in [6.07, 6.45) is 3.64. The van der Waals surface area contributed by atoms with Crippen molar-refractivity contribution in [3.8, 4) is 0 Å². The second-order valence-electron chi connectivity index (χ2n) is 5.95. The topological polar surface area (TPSA) is 23.6 Å². The Morgan fingerprint density at radius 1 is 1.13 bits per heavy atom. The fraction of sp³-hybridized carbons (Fsp3) is 0.316. The van der Waals surface area contributed by atoms with E-state index in [1.165, 1.54) is 16.9 Å². The molecule has 1 aromatic carbocycles. The lowest BCUT2D eigenvalue weighted by Crippen LogP contribution is -2.43. The maximum Gasteiger partial charge on any atom is 0.195 e. The first kappa shape index (κ1) is 16.1. The number of ketones is 1. The molecule has 2 aromatic rings. The molecule has 0 aliphatic carbocycles. The summed E-state index contributed by atoms with van der Waals surface area (Å²) in [7, 11) is 2.17. The van der Waals surface area contributed by atoms with Gasteiger partial charge in [0, 0.05) is 32.7 Å². The summed E-state index contributed by atoms with van der Waals surface area (Å²) in [4.78, 5) is 17.8. The number of thiophene rings is 1. The third-order valence-electron chi connectivity index (χ3n) is 4.22. The molecule has 1 aromatic heterocycles. The molecule has 1 fully saturated rings. The number of carbonyl (C=O) groups excluding carboxylic acids is 1. The van der Waals surface area contributed by atoms with Gasteiger partial charge in [-0.15, -0.1) is 11.3 Å². The Bertz CT molecular complexity index is 670. The van der Waals surface area contributed by atoms with Crippen molar-refractivity contribution in [1.29, 1.82) is 0 Å². The van der Waals surface area contributed by atoms with Crippen LogP contribution in [0.4, 0.5) is 0 Å². The molecule has 0 atom stereocenters. The van der Waals surface area contributed by atoms with Crippen molar-refractivity contribution in [2.24, 2.45) is 0 Å². The first-order valence-corrected chi connectivity index (χ1v) is 8.85. The first-order valence-electron chi connectivity index (χ1n) is 7.97. The van der Waals surface area contributed by atoms with Gasteiger partial charge in [0.25, 0.3) is 0 Å². The number of allylic oxidation sites excluding steroid dienone is 1. The van der Waals surface area contributed by atoms with Crippen LogP contribution in [0, 0.1) is 0 Å². The van der Waals surface area contributed by atoms with Gasteiger partial charge in [0.2, 0.25) is 0 Å². The molecular formula is C19H22N2OS. The zero-order chi connectivity index (χ0) is 16.1. The number of nitrogens with zero attached hydrogens (tertiary/aromatic N) is 2. The maximum atomic E-state index is 12.1. The average molecular weight is 326 g/mol. The van der Waals surface area contributed by atoms with Gasteiger partial charge in [-0.05, 0) is 35.7 Å². The van der Waals surface area contributed by atoms with Crippen molar-refractivity contribution < 1.29 is 4.79 Å². The lowest BCUT2D eigenvalue weighted by molar-refractivity contribution is 0.105. The van der Waals surface area contributed by atoms with Gasteiger partial charge in [-0.25, -0.2) is 0 Å². The monoisotopic (exact) mass is 326 g/mol. The molecule has 0 spiro atoms. The molecule has 1 saturated heterocycles. The van der Waals surface area contributed by atoms with Crippen molar-refractivity contribution in [1.82, 2.24) is 9.80 Å². The molecule has 2 heterocycles. The Kier molecular flexibility index (Phi) is 5.39. The predicted molar refractivity (Wildman–Crippen MR) is 96.9 cm³/mol. The Morgan fingerprint density at radius 3 is 2.65 bits per heavy atom. The van der Waals surface area contributed by atoms with Crippen LogP contribution < -0.4 is 0 Å². The molecule has 0 amide bonds. The summed E-state index contributed by atoms with van der Waals surface area (Å²) < 4.78 is 0. The Labute approximate surface area is 141 Å². The quantitative estimate of drug-likeness (QED) is 0.621. The van der Waals surface area contributed by atoms with E-state index in [2.05, 4.69) is 35.0 Å². The van der Waals surface area contributed by atoms with E-state index < -0.39 is 0 Å². The van der Waals surface area contributed by atoms with Crippen LogP contribution in [-0.2, 0) is 6.54 Å². The van der Waals surface area contributed by atoms with Crippen molar-refractivity contribution in [2.45, 2.75) is 6.54 Å². The van der Waals surface area contributed by atoms with Gasteiger partial charge in [0.1, 0.15) is 0 Å². The van der Waals surface area contributed by atoms with E-state index in [1.807, 2.05) is 29.7 Å². The highest BCUT2D eigenvalue weighted by molar-refractivity contribution is 7.12. The summed E-state index contributed by atoms with van der Waals surface area (Å²) in [5, 5.41) is 1.93. The first-order chi connectivity index (χ1) is 11.2.